The highest BCUT2D eigenvalue weighted by molar-refractivity contribution is 6.11. The lowest BCUT2D eigenvalue weighted by atomic mass is 10.0. The first-order valence-corrected chi connectivity index (χ1v) is 5.03. The van der Waals surface area contributed by atoms with Crippen molar-refractivity contribution in [3.63, 3.8) is 0 Å². The monoisotopic (exact) mass is 261 g/mol. The van der Waals surface area contributed by atoms with Crippen molar-refractivity contribution in [3.8, 4) is 0 Å². The number of carbonyl (C=O) groups excluding carboxylic acids is 1. The SMILES string of the molecule is B.F.O=C(c1ccccc1)c1ccccc1[N+](=O)[O-]. The molecule has 0 saturated heterocycles. The molecule has 0 atom stereocenters. The maximum atomic E-state index is 12.1. The first kappa shape index (κ1) is 16.5. The highest BCUT2D eigenvalue weighted by Gasteiger charge is 2.19. The van der Waals surface area contributed by atoms with Crippen molar-refractivity contribution in [1.29, 1.82) is 0 Å². The standard InChI is InChI=1S/C13H9NO3.BH3.FH/c15-13(10-6-2-1-3-7-10)11-8-4-5-9-12(11)14(16)17;;/h1-9H;1H3;1H. The molecule has 0 aliphatic carbocycles. The topological polar surface area (TPSA) is 60.2 Å². The number of rotatable bonds is 3. The molecule has 0 bridgehead atoms. The molecule has 0 aliphatic rings. The molecule has 98 valence electrons. The van der Waals surface area contributed by atoms with Gasteiger partial charge in [0.05, 0.1) is 13.3 Å². The Bertz CT molecular complexity index is 575. The van der Waals surface area contributed by atoms with Crippen LogP contribution in [0.5, 0.6) is 0 Å². The molecule has 0 aromatic heterocycles. The Morgan fingerprint density at radius 2 is 1.47 bits per heavy atom. The van der Waals surface area contributed by atoms with Crippen molar-refractivity contribution >= 4 is 19.9 Å². The second-order valence-corrected chi connectivity index (χ2v) is 3.47. The molecule has 0 radical (unpaired) electrons. The molecule has 2 rings (SSSR count). The minimum atomic E-state index is -0.545. The van der Waals surface area contributed by atoms with Gasteiger partial charge in [0.1, 0.15) is 5.56 Å². The number of nitrogens with zero attached hydrogens (tertiary/aromatic N) is 1. The van der Waals surface area contributed by atoms with Crippen molar-refractivity contribution < 1.29 is 14.4 Å². The number of carbonyl (C=O) groups is 1. The molecule has 2 aromatic rings. The van der Waals surface area contributed by atoms with Crippen LogP contribution in [0.25, 0.3) is 0 Å². The van der Waals surface area contributed by atoms with Crippen LogP contribution in [0, 0.1) is 10.1 Å². The van der Waals surface area contributed by atoms with Crippen LogP contribution in [-0.4, -0.2) is 19.1 Å². The van der Waals surface area contributed by atoms with Crippen LogP contribution in [0.1, 0.15) is 15.9 Å². The largest absolute Gasteiger partial charge is 0.288 e. The third kappa shape index (κ3) is 3.48. The molecule has 0 saturated carbocycles. The van der Waals surface area contributed by atoms with Crippen molar-refractivity contribution in [2.24, 2.45) is 0 Å². The van der Waals surface area contributed by atoms with E-state index in [2.05, 4.69) is 0 Å². The van der Waals surface area contributed by atoms with Gasteiger partial charge in [-0.1, -0.05) is 42.5 Å². The van der Waals surface area contributed by atoms with E-state index in [9.17, 15) is 14.9 Å². The molecular formula is C13H13BFNO3. The van der Waals surface area contributed by atoms with E-state index in [1.165, 1.54) is 12.1 Å². The van der Waals surface area contributed by atoms with E-state index in [4.69, 9.17) is 0 Å². The van der Waals surface area contributed by atoms with Crippen molar-refractivity contribution in [2.45, 2.75) is 0 Å². The van der Waals surface area contributed by atoms with Crippen molar-refractivity contribution in [2.75, 3.05) is 0 Å². The average molecular weight is 261 g/mol. The van der Waals surface area contributed by atoms with Crippen LogP contribution >= 0.6 is 0 Å². The maximum Gasteiger partial charge on any atom is 0.280 e. The van der Waals surface area contributed by atoms with Gasteiger partial charge in [-0.15, -0.1) is 0 Å². The zero-order valence-corrected chi connectivity index (χ0v) is 9.28. The Labute approximate surface area is 111 Å². The quantitative estimate of drug-likeness (QED) is 0.366. The molecule has 0 N–H and O–H groups in total. The average Bonchev–Trinajstić information content (AvgIpc) is 2.39. The summed E-state index contributed by atoms with van der Waals surface area (Å²) in [4.78, 5) is 22.3. The summed E-state index contributed by atoms with van der Waals surface area (Å²) in [5.74, 6) is -0.335. The van der Waals surface area contributed by atoms with Crippen LogP contribution in [0.4, 0.5) is 10.4 Å². The Balaban J connectivity index is 0.00000162. The Kier molecular flexibility index (Phi) is 6.13. The fourth-order valence-electron chi connectivity index (χ4n) is 1.57. The van der Waals surface area contributed by atoms with E-state index < -0.39 is 4.92 Å². The van der Waals surface area contributed by atoms with E-state index in [-0.39, 0.29) is 30.2 Å². The van der Waals surface area contributed by atoms with E-state index >= 15 is 0 Å². The van der Waals surface area contributed by atoms with Gasteiger partial charge < -0.3 is 0 Å². The van der Waals surface area contributed by atoms with Crippen LogP contribution < -0.4 is 0 Å². The number of nitro benzene ring substituents is 1. The number of ketones is 1. The molecule has 4 nitrogen and oxygen atoms in total. The smallest absolute Gasteiger partial charge is 0.280 e. The molecule has 0 unspecified atom stereocenters. The van der Waals surface area contributed by atoms with Crippen molar-refractivity contribution in [3.05, 3.63) is 75.8 Å². The number of halogens is 1. The summed E-state index contributed by atoms with van der Waals surface area (Å²) in [6.45, 7) is 0. The lowest BCUT2D eigenvalue weighted by Gasteiger charge is -2.01. The summed E-state index contributed by atoms with van der Waals surface area (Å²) in [7, 11) is 0. The summed E-state index contributed by atoms with van der Waals surface area (Å²) in [5, 5.41) is 10.8. The number of para-hydroxylation sites is 1. The van der Waals surface area contributed by atoms with Crippen LogP contribution in [0.2, 0.25) is 0 Å². The first-order chi connectivity index (χ1) is 8.20. The number of nitro groups is 1. The van der Waals surface area contributed by atoms with Crippen LogP contribution in [0.15, 0.2) is 54.6 Å². The summed E-state index contributed by atoms with van der Waals surface area (Å²) < 4.78 is 0. The maximum absolute atomic E-state index is 12.1. The zero-order valence-electron chi connectivity index (χ0n) is 9.28. The molecular weight excluding hydrogens is 248 g/mol. The van der Waals surface area contributed by atoms with Gasteiger partial charge in [-0.25, -0.2) is 0 Å². The Morgan fingerprint density at radius 1 is 0.947 bits per heavy atom. The highest BCUT2D eigenvalue weighted by atomic mass is 19.0. The molecule has 0 aliphatic heterocycles. The number of hydrogen-bond acceptors (Lipinski definition) is 3. The predicted molar refractivity (Wildman–Crippen MR) is 75.4 cm³/mol. The van der Waals surface area contributed by atoms with E-state index in [1.807, 2.05) is 0 Å². The van der Waals surface area contributed by atoms with Crippen molar-refractivity contribution in [1.82, 2.24) is 0 Å². The lowest BCUT2D eigenvalue weighted by Crippen LogP contribution is -2.04. The second kappa shape index (κ2) is 7.05. The molecule has 19 heavy (non-hydrogen) atoms. The van der Waals surface area contributed by atoms with E-state index in [1.54, 1.807) is 42.5 Å². The third-order valence-electron chi connectivity index (χ3n) is 2.38. The van der Waals surface area contributed by atoms with Gasteiger partial charge in [0.2, 0.25) is 0 Å². The summed E-state index contributed by atoms with van der Waals surface area (Å²) in [6, 6.07) is 14.5. The van der Waals surface area contributed by atoms with Gasteiger partial charge in [0.15, 0.2) is 5.78 Å². The number of benzene rings is 2. The summed E-state index contributed by atoms with van der Waals surface area (Å²) in [6.07, 6.45) is 0. The molecule has 0 fully saturated rings. The fraction of sp³-hybridized carbons (Fsp3) is 0. The van der Waals surface area contributed by atoms with E-state index in [0.29, 0.717) is 5.56 Å². The van der Waals surface area contributed by atoms with Gasteiger partial charge in [-0.2, -0.15) is 0 Å². The minimum absolute atomic E-state index is 0. The van der Waals surface area contributed by atoms with Crippen LogP contribution in [-0.2, 0) is 0 Å². The third-order valence-corrected chi connectivity index (χ3v) is 2.38. The molecule has 0 spiro atoms. The molecule has 0 heterocycles. The Morgan fingerprint density at radius 3 is 2.05 bits per heavy atom. The fourth-order valence-corrected chi connectivity index (χ4v) is 1.57. The molecule has 6 heteroatoms. The molecule has 0 amide bonds. The summed E-state index contributed by atoms with van der Waals surface area (Å²) >= 11 is 0. The highest BCUT2D eigenvalue weighted by Crippen LogP contribution is 2.20. The summed E-state index contributed by atoms with van der Waals surface area (Å²) in [5.41, 5.74) is 0.395. The van der Waals surface area contributed by atoms with Gasteiger partial charge >= 0.3 is 0 Å². The Hall–Kier alpha value is -2.50. The number of hydrogen-bond donors (Lipinski definition) is 0. The van der Waals surface area contributed by atoms with Gasteiger partial charge in [0.25, 0.3) is 5.69 Å². The van der Waals surface area contributed by atoms with Gasteiger partial charge in [0, 0.05) is 11.6 Å². The van der Waals surface area contributed by atoms with Crippen LogP contribution in [0.3, 0.4) is 0 Å². The first-order valence-electron chi connectivity index (χ1n) is 5.03. The van der Waals surface area contributed by atoms with Gasteiger partial charge in [-0.3, -0.25) is 19.6 Å². The minimum Gasteiger partial charge on any atom is -0.288 e. The van der Waals surface area contributed by atoms with E-state index in [0.717, 1.165) is 0 Å². The normalized spacial score (nSPS) is 8.84. The van der Waals surface area contributed by atoms with Gasteiger partial charge in [-0.05, 0) is 6.07 Å². The second-order valence-electron chi connectivity index (χ2n) is 3.47. The predicted octanol–water partition coefficient (Wildman–Crippen LogP) is 1.79. The lowest BCUT2D eigenvalue weighted by molar-refractivity contribution is -0.385. The zero-order chi connectivity index (χ0) is 12.3. The molecule has 2 aromatic carbocycles.